The molecule has 8 nitrogen and oxygen atoms in total. The number of thiophene rings is 1. The molecule has 0 aliphatic heterocycles. The van der Waals surface area contributed by atoms with Crippen LogP contribution in [0.5, 0.6) is 0 Å². The number of nitrogens with one attached hydrogen (secondary N) is 1. The summed E-state index contributed by atoms with van der Waals surface area (Å²) in [6, 6.07) is 0.0461. The van der Waals surface area contributed by atoms with Crippen molar-refractivity contribution in [3.8, 4) is 0 Å². The molecule has 0 aromatic carbocycles. The van der Waals surface area contributed by atoms with E-state index in [4.69, 9.17) is 9.15 Å². The van der Waals surface area contributed by atoms with Crippen LogP contribution in [0.25, 0.3) is 0 Å². The van der Waals surface area contributed by atoms with Gasteiger partial charge in [0, 0.05) is 0 Å². The van der Waals surface area contributed by atoms with E-state index in [1.54, 1.807) is 6.92 Å². The molecule has 1 amide bonds. The first-order valence-corrected chi connectivity index (χ1v) is 11.5. The van der Waals surface area contributed by atoms with Crippen molar-refractivity contribution in [1.82, 2.24) is 15.1 Å². The van der Waals surface area contributed by atoms with Crippen LogP contribution in [0.3, 0.4) is 0 Å². The monoisotopic (exact) mass is 438 g/mol. The van der Waals surface area contributed by atoms with Gasteiger partial charge in [0.15, 0.2) is 0 Å². The molecular weight excluding hydrogens is 412 g/mol. The summed E-state index contributed by atoms with van der Waals surface area (Å²) >= 11 is 2.54. The highest BCUT2D eigenvalue weighted by Crippen LogP contribution is 2.46. The predicted octanol–water partition coefficient (Wildman–Crippen LogP) is 3.93. The Kier molecular flexibility index (Phi) is 7.31. The number of hydrogen-bond acceptors (Lipinski definition) is 9. The minimum atomic E-state index is -0.380. The van der Waals surface area contributed by atoms with Crippen LogP contribution in [0.1, 0.15) is 66.9 Å². The van der Waals surface area contributed by atoms with Crippen molar-refractivity contribution in [2.24, 2.45) is 0 Å². The first-order valence-electron chi connectivity index (χ1n) is 9.65. The zero-order chi connectivity index (χ0) is 21.0. The molecular formula is C19H26N4O4S2. The molecule has 0 bridgehead atoms. The number of esters is 1. The third kappa shape index (κ3) is 5.37. The van der Waals surface area contributed by atoms with E-state index in [1.165, 1.54) is 23.1 Å². The number of carbonyl (C=O) groups excluding carboxylic acids is 2. The largest absolute Gasteiger partial charge is 0.462 e. The van der Waals surface area contributed by atoms with E-state index >= 15 is 0 Å². The van der Waals surface area contributed by atoms with Crippen molar-refractivity contribution in [2.45, 2.75) is 50.3 Å². The lowest BCUT2D eigenvalue weighted by atomic mass is 10.1. The molecule has 1 atom stereocenters. The zero-order valence-corrected chi connectivity index (χ0v) is 18.7. The lowest BCUT2D eigenvalue weighted by molar-refractivity contribution is -0.113. The van der Waals surface area contributed by atoms with Gasteiger partial charge in [-0.15, -0.1) is 21.5 Å². The number of aromatic nitrogens is 2. The van der Waals surface area contributed by atoms with Crippen molar-refractivity contribution < 1.29 is 18.7 Å². The maximum absolute atomic E-state index is 12.4. The molecule has 0 radical (unpaired) electrons. The molecule has 1 saturated carbocycles. The summed E-state index contributed by atoms with van der Waals surface area (Å²) in [6.45, 7) is 4.12. The summed E-state index contributed by atoms with van der Waals surface area (Å²) in [5.74, 6) is 0.431. The van der Waals surface area contributed by atoms with Crippen LogP contribution in [0, 0.1) is 0 Å². The Bertz CT molecular complexity index is 860. The van der Waals surface area contributed by atoms with Crippen molar-refractivity contribution >= 4 is 40.0 Å². The van der Waals surface area contributed by atoms with Gasteiger partial charge in [0.05, 0.1) is 24.0 Å². The van der Waals surface area contributed by atoms with Gasteiger partial charge in [-0.3, -0.25) is 9.69 Å². The van der Waals surface area contributed by atoms with E-state index in [2.05, 4.69) is 15.5 Å². The van der Waals surface area contributed by atoms with Gasteiger partial charge in [0.25, 0.3) is 5.22 Å². The number of thioether (sulfide) groups is 1. The minimum Gasteiger partial charge on any atom is -0.462 e. The van der Waals surface area contributed by atoms with E-state index in [-0.39, 0.29) is 23.7 Å². The van der Waals surface area contributed by atoms with Gasteiger partial charge >= 0.3 is 5.97 Å². The van der Waals surface area contributed by atoms with Crippen LogP contribution in [0.2, 0.25) is 0 Å². The average Bonchev–Trinajstić information content (AvgIpc) is 3.27. The number of ether oxygens (including phenoxy) is 1. The maximum atomic E-state index is 12.4. The fourth-order valence-corrected chi connectivity index (χ4v) is 4.65. The number of nitrogens with zero attached hydrogens (tertiary/aromatic N) is 3. The second kappa shape index (κ2) is 9.73. The molecule has 2 heterocycles. The second-order valence-electron chi connectivity index (χ2n) is 7.02. The Labute approximate surface area is 178 Å². The van der Waals surface area contributed by atoms with Crippen molar-refractivity contribution in [2.75, 3.05) is 31.8 Å². The molecule has 10 heteroatoms. The average molecular weight is 439 g/mol. The summed E-state index contributed by atoms with van der Waals surface area (Å²) in [5.41, 5.74) is 1.47. The van der Waals surface area contributed by atoms with Crippen molar-refractivity contribution in [3.05, 3.63) is 22.4 Å². The Morgan fingerprint density at radius 2 is 2.14 bits per heavy atom. The molecule has 1 fully saturated rings. The van der Waals surface area contributed by atoms with Crippen molar-refractivity contribution in [1.29, 1.82) is 0 Å². The Morgan fingerprint density at radius 1 is 1.38 bits per heavy atom. The lowest BCUT2D eigenvalue weighted by Gasteiger charge is -2.18. The molecule has 29 heavy (non-hydrogen) atoms. The fourth-order valence-electron chi connectivity index (χ4n) is 3.04. The van der Waals surface area contributed by atoms with Gasteiger partial charge in [0.1, 0.15) is 5.00 Å². The summed E-state index contributed by atoms with van der Waals surface area (Å²) < 4.78 is 10.9. The Balaban J connectivity index is 1.62. The normalized spacial score (nSPS) is 14.8. The Morgan fingerprint density at radius 3 is 2.76 bits per heavy atom. The fraction of sp³-hybridized carbons (Fsp3) is 0.579. The molecule has 2 aromatic heterocycles. The third-order valence-corrected chi connectivity index (χ3v) is 6.35. The molecule has 1 aliphatic carbocycles. The van der Waals surface area contributed by atoms with Gasteiger partial charge in [-0.2, -0.15) is 0 Å². The number of anilines is 1. The van der Waals surface area contributed by atoms with Crippen LogP contribution >= 0.6 is 23.1 Å². The predicted molar refractivity (Wildman–Crippen MR) is 113 cm³/mol. The highest BCUT2D eigenvalue weighted by molar-refractivity contribution is 7.99. The first kappa shape index (κ1) is 21.8. The van der Waals surface area contributed by atoms with Crippen molar-refractivity contribution in [3.63, 3.8) is 0 Å². The third-order valence-electron chi connectivity index (χ3n) is 4.61. The van der Waals surface area contributed by atoms with Gasteiger partial charge in [-0.05, 0) is 57.1 Å². The standard InChI is InChI=1S/C19H26N4O4S2/c1-5-13(23(3)4)16-21-22-19(27-16)29-10-14(24)20-17-15(18(25)26-6-2)12(9-28-17)11-7-8-11/h9,11,13H,5-8,10H2,1-4H3,(H,20,24)/t13-/m0/s1. The summed E-state index contributed by atoms with van der Waals surface area (Å²) in [7, 11) is 3.91. The van der Waals surface area contributed by atoms with E-state index in [0.717, 1.165) is 24.8 Å². The van der Waals surface area contributed by atoms with Crippen LogP contribution in [-0.2, 0) is 9.53 Å². The summed E-state index contributed by atoms with van der Waals surface area (Å²) in [5, 5.41) is 13.8. The first-order chi connectivity index (χ1) is 13.9. The van der Waals surface area contributed by atoms with Crippen LogP contribution in [0.15, 0.2) is 15.0 Å². The smallest absolute Gasteiger partial charge is 0.341 e. The van der Waals surface area contributed by atoms with Gasteiger partial charge in [0.2, 0.25) is 11.8 Å². The molecule has 0 spiro atoms. The quantitative estimate of drug-likeness (QED) is 0.440. The van der Waals surface area contributed by atoms with Gasteiger partial charge in [-0.25, -0.2) is 4.79 Å². The van der Waals surface area contributed by atoms with Gasteiger partial charge in [-0.1, -0.05) is 18.7 Å². The SMILES string of the molecule is CCOC(=O)c1c(C2CC2)csc1NC(=O)CSc1nnc([C@H](CC)N(C)C)o1. The van der Waals surface area contributed by atoms with E-state index in [9.17, 15) is 9.59 Å². The second-order valence-corrected chi connectivity index (χ2v) is 8.83. The maximum Gasteiger partial charge on any atom is 0.341 e. The molecule has 158 valence electrons. The topological polar surface area (TPSA) is 97.6 Å². The lowest BCUT2D eigenvalue weighted by Crippen LogP contribution is -2.19. The molecule has 0 saturated heterocycles. The van der Waals surface area contributed by atoms with E-state index < -0.39 is 0 Å². The molecule has 2 aromatic rings. The summed E-state index contributed by atoms with van der Waals surface area (Å²) in [4.78, 5) is 26.8. The Hall–Kier alpha value is -1.91. The van der Waals surface area contributed by atoms with Crippen LogP contribution in [-0.4, -0.2) is 53.4 Å². The van der Waals surface area contributed by atoms with Crippen LogP contribution in [0.4, 0.5) is 5.00 Å². The number of rotatable bonds is 10. The zero-order valence-electron chi connectivity index (χ0n) is 17.1. The van der Waals surface area contributed by atoms with Gasteiger partial charge < -0.3 is 14.5 Å². The number of amides is 1. The molecule has 0 unspecified atom stereocenters. The molecule has 3 rings (SSSR count). The molecule has 1 aliphatic rings. The highest BCUT2D eigenvalue weighted by atomic mass is 32.2. The van der Waals surface area contributed by atoms with E-state index in [0.29, 0.717) is 34.2 Å². The molecule has 1 N–H and O–H groups in total. The summed E-state index contributed by atoms with van der Waals surface area (Å²) in [6.07, 6.45) is 2.98. The van der Waals surface area contributed by atoms with E-state index in [1.807, 2.05) is 31.3 Å². The number of carbonyl (C=O) groups is 2. The number of hydrogen-bond donors (Lipinski definition) is 1. The van der Waals surface area contributed by atoms with Crippen LogP contribution < -0.4 is 5.32 Å². The minimum absolute atomic E-state index is 0.0461. The highest BCUT2D eigenvalue weighted by Gasteiger charge is 2.32.